The smallest absolute Gasteiger partial charge is 0.266 e. The third kappa shape index (κ3) is 3.06. The fraction of sp³-hybridized carbons (Fsp3) is 0.105. The third-order valence-electron chi connectivity index (χ3n) is 4.48. The van der Waals surface area contributed by atoms with Crippen LogP contribution >= 0.6 is 11.3 Å². The fourth-order valence-electron chi connectivity index (χ4n) is 3.21. The first-order chi connectivity index (χ1) is 13.0. The van der Waals surface area contributed by atoms with Gasteiger partial charge in [-0.25, -0.2) is 13.9 Å². The number of hydrogen-bond donors (Lipinski definition) is 2. The van der Waals surface area contributed by atoms with Crippen LogP contribution in [0.2, 0.25) is 0 Å². The van der Waals surface area contributed by atoms with Gasteiger partial charge in [-0.2, -0.15) is 4.31 Å². The van der Waals surface area contributed by atoms with E-state index in [4.69, 9.17) is 5.21 Å². The second-order valence-electron chi connectivity index (χ2n) is 6.10. The van der Waals surface area contributed by atoms with Crippen molar-refractivity contribution in [2.24, 2.45) is 0 Å². The minimum atomic E-state index is -3.86. The molecule has 3 aromatic rings. The van der Waals surface area contributed by atoms with Crippen LogP contribution in [0, 0.1) is 0 Å². The van der Waals surface area contributed by atoms with Crippen LogP contribution in [0.1, 0.15) is 16.5 Å². The number of carbonyl (C=O) groups is 1. The Morgan fingerprint density at radius 1 is 1.07 bits per heavy atom. The number of nitrogens with zero attached hydrogens (tertiary/aromatic N) is 1. The lowest BCUT2D eigenvalue weighted by atomic mass is 10.1. The van der Waals surface area contributed by atoms with Crippen molar-refractivity contribution < 1.29 is 18.4 Å². The topological polar surface area (TPSA) is 86.7 Å². The van der Waals surface area contributed by atoms with E-state index in [-0.39, 0.29) is 11.4 Å². The Balaban J connectivity index is 1.75. The lowest BCUT2D eigenvalue weighted by Crippen LogP contribution is -2.39. The van der Waals surface area contributed by atoms with Crippen molar-refractivity contribution in [1.29, 1.82) is 0 Å². The van der Waals surface area contributed by atoms with E-state index in [1.165, 1.54) is 11.3 Å². The average molecular weight is 400 g/mol. The highest BCUT2D eigenvalue weighted by atomic mass is 32.2. The van der Waals surface area contributed by atoms with E-state index < -0.39 is 22.0 Å². The molecule has 1 aliphatic rings. The van der Waals surface area contributed by atoms with Gasteiger partial charge in [0.2, 0.25) is 10.0 Å². The Morgan fingerprint density at radius 2 is 1.70 bits per heavy atom. The summed E-state index contributed by atoms with van der Waals surface area (Å²) in [6.07, 6.45) is 0. The number of rotatable bonds is 4. The summed E-state index contributed by atoms with van der Waals surface area (Å²) >= 11 is 1.40. The third-order valence-corrected chi connectivity index (χ3v) is 7.65. The average Bonchev–Trinajstić information content (AvgIpc) is 3.22. The molecule has 27 heavy (non-hydrogen) atoms. The number of fused-ring (bicyclic) bond motifs is 1. The van der Waals surface area contributed by atoms with Crippen LogP contribution in [0.5, 0.6) is 0 Å². The number of hydrogen-bond acceptors (Lipinski definition) is 5. The molecule has 0 spiro atoms. The second-order valence-corrected chi connectivity index (χ2v) is 9.10. The molecular weight excluding hydrogens is 384 g/mol. The zero-order valence-corrected chi connectivity index (χ0v) is 15.7. The maximum absolute atomic E-state index is 13.1. The Labute approximate surface area is 160 Å². The molecule has 2 heterocycles. The molecule has 2 aromatic carbocycles. The van der Waals surface area contributed by atoms with Crippen LogP contribution in [0.25, 0.3) is 10.4 Å². The number of amides is 1. The Kier molecular flexibility index (Phi) is 4.56. The van der Waals surface area contributed by atoms with Crippen molar-refractivity contribution in [2.75, 3.05) is 0 Å². The first kappa shape index (κ1) is 17.9. The highest BCUT2D eigenvalue weighted by molar-refractivity contribution is 7.89. The van der Waals surface area contributed by atoms with Crippen molar-refractivity contribution in [3.63, 3.8) is 0 Å². The lowest BCUT2D eigenvalue weighted by molar-refractivity contribution is -0.133. The molecule has 6 nitrogen and oxygen atoms in total. The van der Waals surface area contributed by atoms with Gasteiger partial charge in [0.1, 0.15) is 6.04 Å². The van der Waals surface area contributed by atoms with E-state index in [2.05, 4.69) is 0 Å². The molecule has 2 N–H and O–H groups in total. The molecule has 1 amide bonds. The van der Waals surface area contributed by atoms with Crippen molar-refractivity contribution in [3.8, 4) is 10.4 Å². The molecule has 4 rings (SSSR count). The van der Waals surface area contributed by atoms with Gasteiger partial charge < -0.3 is 0 Å². The number of nitrogens with one attached hydrogen (secondary N) is 1. The number of benzene rings is 2. The fourth-order valence-corrected chi connectivity index (χ4v) is 6.54. The molecule has 0 aliphatic carbocycles. The predicted octanol–water partition coefficient (Wildman–Crippen LogP) is 3.17. The van der Waals surface area contributed by atoms with E-state index in [9.17, 15) is 13.2 Å². The molecule has 0 saturated carbocycles. The lowest BCUT2D eigenvalue weighted by Gasteiger charge is -2.25. The number of carbonyl (C=O) groups excluding carboxylic acids is 1. The van der Waals surface area contributed by atoms with Gasteiger partial charge in [-0.15, -0.1) is 11.3 Å². The summed E-state index contributed by atoms with van der Waals surface area (Å²) in [6.45, 7) is 0.0855. The van der Waals surface area contributed by atoms with Crippen LogP contribution in [-0.4, -0.2) is 23.8 Å². The summed E-state index contributed by atoms with van der Waals surface area (Å²) in [5.74, 6) is -0.789. The van der Waals surface area contributed by atoms with E-state index in [0.717, 1.165) is 14.7 Å². The SMILES string of the molecule is O=C(NO)[C@@H](c1ccccc1)N1Cc2sc(-c3ccccc3)cc2S1(=O)=O. The Bertz CT molecular complexity index is 1080. The zero-order chi connectivity index (χ0) is 19.0. The minimum Gasteiger partial charge on any atom is -0.289 e. The molecule has 8 heteroatoms. The van der Waals surface area contributed by atoms with E-state index in [1.807, 2.05) is 30.3 Å². The van der Waals surface area contributed by atoms with Gasteiger partial charge in [0, 0.05) is 9.75 Å². The van der Waals surface area contributed by atoms with Crippen molar-refractivity contribution in [3.05, 3.63) is 77.2 Å². The molecule has 0 radical (unpaired) electrons. The molecule has 1 atom stereocenters. The van der Waals surface area contributed by atoms with Gasteiger partial charge in [-0.1, -0.05) is 60.7 Å². The monoisotopic (exact) mass is 400 g/mol. The summed E-state index contributed by atoms with van der Waals surface area (Å²) < 4.78 is 27.4. The maximum atomic E-state index is 13.1. The van der Waals surface area contributed by atoms with E-state index in [0.29, 0.717) is 10.4 Å². The molecule has 0 unspecified atom stereocenters. The molecule has 0 bridgehead atoms. The van der Waals surface area contributed by atoms with Crippen molar-refractivity contribution in [1.82, 2.24) is 9.79 Å². The Hall–Kier alpha value is -2.52. The summed E-state index contributed by atoms with van der Waals surface area (Å²) in [7, 11) is -3.86. The van der Waals surface area contributed by atoms with E-state index >= 15 is 0 Å². The molecule has 1 aliphatic heterocycles. The molecule has 1 aromatic heterocycles. The standard InChI is InChI=1S/C19H16N2O4S2/c22-19(20-23)18(14-9-5-2-6-10-14)21-12-16-17(27(21,24)25)11-15(26-16)13-7-3-1-4-8-13/h1-11,18,23H,12H2,(H,20,22)/t18-/m1/s1. The second kappa shape index (κ2) is 6.90. The van der Waals surface area contributed by atoms with Gasteiger partial charge in [0.15, 0.2) is 0 Å². The van der Waals surface area contributed by atoms with Crippen LogP contribution in [0.3, 0.4) is 0 Å². The van der Waals surface area contributed by atoms with Gasteiger partial charge in [-0.3, -0.25) is 10.0 Å². The van der Waals surface area contributed by atoms with Crippen LogP contribution < -0.4 is 5.48 Å². The quantitative estimate of drug-likeness (QED) is 0.520. The van der Waals surface area contributed by atoms with Crippen LogP contribution in [0.15, 0.2) is 71.6 Å². The van der Waals surface area contributed by atoms with Crippen LogP contribution in [0.4, 0.5) is 0 Å². The summed E-state index contributed by atoms with van der Waals surface area (Å²) in [5, 5.41) is 9.14. The first-order valence-electron chi connectivity index (χ1n) is 8.21. The Morgan fingerprint density at radius 3 is 2.30 bits per heavy atom. The predicted molar refractivity (Wildman–Crippen MR) is 102 cm³/mol. The van der Waals surface area contributed by atoms with Gasteiger partial charge in [0.05, 0.1) is 11.4 Å². The maximum Gasteiger partial charge on any atom is 0.266 e. The number of hydroxylamine groups is 1. The normalized spacial score (nSPS) is 16.6. The first-order valence-corrected chi connectivity index (χ1v) is 10.5. The minimum absolute atomic E-state index is 0.0855. The molecule has 138 valence electrons. The number of thiophene rings is 1. The summed E-state index contributed by atoms with van der Waals surface area (Å²) in [6, 6.07) is 18.6. The van der Waals surface area contributed by atoms with E-state index in [1.54, 1.807) is 41.9 Å². The van der Waals surface area contributed by atoms with Crippen LogP contribution in [-0.2, 0) is 21.4 Å². The van der Waals surface area contributed by atoms with Crippen molar-refractivity contribution in [2.45, 2.75) is 17.5 Å². The molecule has 0 fully saturated rings. The van der Waals surface area contributed by atoms with Gasteiger partial charge >= 0.3 is 0 Å². The largest absolute Gasteiger partial charge is 0.289 e. The summed E-state index contributed by atoms with van der Waals surface area (Å²) in [5.41, 5.74) is 3.03. The number of sulfonamides is 1. The van der Waals surface area contributed by atoms with Crippen molar-refractivity contribution >= 4 is 27.3 Å². The van der Waals surface area contributed by atoms with Gasteiger partial charge in [0.25, 0.3) is 5.91 Å². The van der Waals surface area contributed by atoms with Gasteiger partial charge in [-0.05, 0) is 17.2 Å². The zero-order valence-electron chi connectivity index (χ0n) is 14.1. The summed E-state index contributed by atoms with van der Waals surface area (Å²) in [4.78, 5) is 14.1. The molecular formula is C19H16N2O4S2. The highest BCUT2D eigenvalue weighted by Crippen LogP contribution is 2.44. The molecule has 0 saturated heterocycles. The highest BCUT2D eigenvalue weighted by Gasteiger charge is 2.44.